The molecule has 0 fully saturated rings. The zero-order valence-electron chi connectivity index (χ0n) is 10.8. The monoisotopic (exact) mass is 298 g/mol. The highest BCUT2D eigenvalue weighted by Crippen LogP contribution is 2.10. The van der Waals surface area contributed by atoms with Crippen LogP contribution in [0.25, 0.3) is 0 Å². The van der Waals surface area contributed by atoms with Gasteiger partial charge in [-0.1, -0.05) is 17.9 Å². The van der Waals surface area contributed by atoms with Gasteiger partial charge in [0, 0.05) is 12.1 Å². The van der Waals surface area contributed by atoms with Crippen molar-refractivity contribution in [3.8, 4) is 11.8 Å². The lowest BCUT2D eigenvalue weighted by Gasteiger charge is -2.06. The van der Waals surface area contributed by atoms with Crippen LogP contribution in [0, 0.1) is 11.8 Å². The molecule has 1 rings (SSSR count). The van der Waals surface area contributed by atoms with Crippen LogP contribution in [0.3, 0.4) is 0 Å². The van der Waals surface area contributed by atoms with E-state index < -0.39 is 10.0 Å². The minimum Gasteiger partial charge on any atom is -0.320 e. The van der Waals surface area contributed by atoms with Crippen molar-refractivity contribution in [2.24, 2.45) is 5.73 Å². The van der Waals surface area contributed by atoms with Crippen molar-refractivity contribution >= 4 is 21.8 Å². The van der Waals surface area contributed by atoms with Crippen LogP contribution in [0.2, 0.25) is 0 Å². The molecule has 0 heterocycles. The molecule has 0 amide bonds. The van der Waals surface area contributed by atoms with Crippen LogP contribution >= 0.6 is 11.8 Å². The van der Waals surface area contributed by atoms with E-state index in [0.29, 0.717) is 12.1 Å². The van der Waals surface area contributed by atoms with E-state index in [1.54, 1.807) is 36.0 Å². The van der Waals surface area contributed by atoms with Crippen molar-refractivity contribution in [2.45, 2.75) is 11.3 Å². The number of thioether (sulfide) groups is 1. The quantitative estimate of drug-likeness (QED) is 0.608. The Balaban J connectivity index is 2.77. The first-order valence-corrected chi connectivity index (χ1v) is 8.75. The minimum atomic E-state index is -3.45. The zero-order valence-corrected chi connectivity index (χ0v) is 12.5. The van der Waals surface area contributed by atoms with Crippen LogP contribution < -0.4 is 10.5 Å². The van der Waals surface area contributed by atoms with Gasteiger partial charge in [-0.3, -0.25) is 0 Å². The SMILES string of the molecule is CSCCCNS(=O)(=O)c1cccc(C#CCN)c1. The number of hydrogen-bond donors (Lipinski definition) is 2. The van der Waals surface area contributed by atoms with Crippen molar-refractivity contribution in [3.05, 3.63) is 29.8 Å². The molecule has 0 saturated heterocycles. The number of nitrogens with one attached hydrogen (secondary N) is 1. The highest BCUT2D eigenvalue weighted by molar-refractivity contribution is 7.98. The molecule has 0 unspecified atom stereocenters. The van der Waals surface area contributed by atoms with Gasteiger partial charge in [-0.05, 0) is 36.6 Å². The summed E-state index contributed by atoms with van der Waals surface area (Å²) < 4.78 is 26.6. The molecule has 0 aliphatic rings. The predicted octanol–water partition coefficient (Wildman–Crippen LogP) is 1.03. The third kappa shape index (κ3) is 5.66. The normalized spacial score (nSPS) is 10.8. The second-order valence-electron chi connectivity index (χ2n) is 3.78. The van der Waals surface area contributed by atoms with E-state index >= 15 is 0 Å². The number of hydrogen-bond acceptors (Lipinski definition) is 4. The Hall–Kier alpha value is -1.00. The molecule has 6 heteroatoms. The molecule has 0 radical (unpaired) electrons. The summed E-state index contributed by atoms with van der Waals surface area (Å²) in [5, 5.41) is 0. The fourth-order valence-corrected chi connectivity index (χ4v) is 2.95. The standard InChI is InChI=1S/C13H18N2O2S2/c1-18-10-4-9-15-19(16,17)13-7-2-5-12(11-13)6-3-8-14/h2,5,7,11,15H,4,8-10,14H2,1H3. The molecule has 0 saturated carbocycles. The molecule has 1 aromatic carbocycles. The Morgan fingerprint density at radius 2 is 2.21 bits per heavy atom. The average molecular weight is 298 g/mol. The topological polar surface area (TPSA) is 72.2 Å². The van der Waals surface area contributed by atoms with Crippen LogP contribution in [0.15, 0.2) is 29.2 Å². The van der Waals surface area contributed by atoms with Crippen molar-refractivity contribution in [2.75, 3.05) is 25.1 Å². The Labute approximate surface area is 119 Å². The van der Waals surface area contributed by atoms with E-state index in [2.05, 4.69) is 16.6 Å². The number of benzene rings is 1. The van der Waals surface area contributed by atoms with Gasteiger partial charge in [-0.15, -0.1) is 0 Å². The van der Waals surface area contributed by atoms with Gasteiger partial charge in [-0.2, -0.15) is 11.8 Å². The maximum atomic E-state index is 12.0. The Morgan fingerprint density at radius 1 is 1.42 bits per heavy atom. The highest BCUT2D eigenvalue weighted by atomic mass is 32.2. The van der Waals surface area contributed by atoms with Gasteiger partial charge in [0.1, 0.15) is 0 Å². The summed E-state index contributed by atoms with van der Waals surface area (Å²) in [5.74, 6) is 6.46. The molecule has 0 bridgehead atoms. The summed E-state index contributed by atoms with van der Waals surface area (Å²) in [4.78, 5) is 0.237. The van der Waals surface area contributed by atoms with Gasteiger partial charge in [0.25, 0.3) is 0 Å². The molecule has 0 aliphatic carbocycles. The molecule has 0 aromatic heterocycles. The molecular formula is C13H18N2O2S2. The maximum absolute atomic E-state index is 12.0. The lowest BCUT2D eigenvalue weighted by Crippen LogP contribution is -2.25. The van der Waals surface area contributed by atoms with Crippen LogP contribution in [0.1, 0.15) is 12.0 Å². The summed E-state index contributed by atoms with van der Waals surface area (Å²) >= 11 is 1.69. The first-order valence-electron chi connectivity index (χ1n) is 5.88. The third-order valence-corrected chi connectivity index (χ3v) is 4.45. The van der Waals surface area contributed by atoms with Gasteiger partial charge in [0.15, 0.2) is 0 Å². The third-order valence-electron chi connectivity index (χ3n) is 2.30. The van der Waals surface area contributed by atoms with E-state index in [0.717, 1.165) is 12.2 Å². The first kappa shape index (κ1) is 16.1. The molecular weight excluding hydrogens is 280 g/mol. The molecule has 4 nitrogen and oxygen atoms in total. The highest BCUT2D eigenvalue weighted by Gasteiger charge is 2.12. The average Bonchev–Trinajstić information content (AvgIpc) is 2.42. The van der Waals surface area contributed by atoms with Crippen molar-refractivity contribution < 1.29 is 8.42 Å². The lowest BCUT2D eigenvalue weighted by atomic mass is 10.2. The molecule has 0 aliphatic heterocycles. The minimum absolute atomic E-state index is 0.237. The maximum Gasteiger partial charge on any atom is 0.240 e. The van der Waals surface area contributed by atoms with Crippen molar-refractivity contribution in [3.63, 3.8) is 0 Å². The number of rotatable bonds is 6. The van der Waals surface area contributed by atoms with Gasteiger partial charge < -0.3 is 5.73 Å². The van der Waals surface area contributed by atoms with Crippen molar-refractivity contribution in [1.82, 2.24) is 4.72 Å². The van der Waals surface area contributed by atoms with Gasteiger partial charge in [0.05, 0.1) is 11.4 Å². The van der Waals surface area contributed by atoms with Crippen molar-refractivity contribution in [1.29, 1.82) is 0 Å². The second-order valence-corrected chi connectivity index (χ2v) is 6.53. The fraction of sp³-hybridized carbons (Fsp3) is 0.385. The lowest BCUT2D eigenvalue weighted by molar-refractivity contribution is 0.581. The van der Waals surface area contributed by atoms with Gasteiger partial charge in [0.2, 0.25) is 10.0 Å². The fourth-order valence-electron chi connectivity index (χ4n) is 1.40. The van der Waals surface area contributed by atoms with Crippen LogP contribution in [-0.4, -0.2) is 33.5 Å². The first-order chi connectivity index (χ1) is 9.10. The van der Waals surface area contributed by atoms with Crippen LogP contribution in [0.4, 0.5) is 0 Å². The molecule has 3 N–H and O–H groups in total. The summed E-state index contributed by atoms with van der Waals surface area (Å²) in [6.07, 6.45) is 2.81. The number of sulfonamides is 1. The van der Waals surface area contributed by atoms with E-state index in [1.807, 2.05) is 6.26 Å². The zero-order chi connectivity index (χ0) is 14.1. The number of nitrogens with two attached hydrogens (primary N) is 1. The van der Waals surface area contributed by atoms with E-state index in [-0.39, 0.29) is 11.4 Å². The second kappa shape index (κ2) is 8.23. The van der Waals surface area contributed by atoms with Gasteiger partial charge >= 0.3 is 0 Å². The largest absolute Gasteiger partial charge is 0.320 e. The predicted molar refractivity (Wildman–Crippen MR) is 80.6 cm³/mol. The smallest absolute Gasteiger partial charge is 0.240 e. The summed E-state index contributed by atoms with van der Waals surface area (Å²) in [6, 6.07) is 6.55. The molecule has 0 atom stereocenters. The summed E-state index contributed by atoms with van der Waals surface area (Å²) in [7, 11) is -3.45. The summed E-state index contributed by atoms with van der Waals surface area (Å²) in [6.45, 7) is 0.700. The van der Waals surface area contributed by atoms with E-state index in [1.165, 1.54) is 0 Å². The van der Waals surface area contributed by atoms with Crippen LogP contribution in [0.5, 0.6) is 0 Å². The molecule has 19 heavy (non-hydrogen) atoms. The Kier molecular flexibility index (Phi) is 6.95. The van der Waals surface area contributed by atoms with Gasteiger partial charge in [-0.25, -0.2) is 13.1 Å². The molecule has 1 aromatic rings. The molecule has 104 valence electrons. The molecule has 0 spiro atoms. The van der Waals surface area contributed by atoms with E-state index in [4.69, 9.17) is 5.73 Å². The Morgan fingerprint density at radius 3 is 2.89 bits per heavy atom. The van der Waals surface area contributed by atoms with Crippen LogP contribution in [-0.2, 0) is 10.0 Å². The Bertz CT molecular complexity index is 559. The van der Waals surface area contributed by atoms with E-state index in [9.17, 15) is 8.42 Å². The summed E-state index contributed by atoms with van der Waals surface area (Å²) in [5.41, 5.74) is 5.94.